The Morgan fingerprint density at radius 2 is 1.43 bits per heavy atom. The molecule has 0 radical (unpaired) electrons. The minimum Gasteiger partial charge on any atom is -0.497 e. The van der Waals surface area contributed by atoms with Crippen LogP contribution in [0.1, 0.15) is 22.3 Å². The number of cyclic esters (lactones) is 1. The first-order chi connectivity index (χ1) is 16.8. The van der Waals surface area contributed by atoms with E-state index in [0.717, 1.165) is 16.9 Å². The number of benzene rings is 3. The van der Waals surface area contributed by atoms with Crippen LogP contribution in [0.5, 0.6) is 23.0 Å². The summed E-state index contributed by atoms with van der Waals surface area (Å²) in [4.78, 5) is 13.3. The quantitative estimate of drug-likeness (QED) is 0.482. The molecule has 0 fully saturated rings. The standard InChI is InChI=1S/C28H28O7/c1-17-12-18(6-11-25(17)34-5)13-24-26(19-14-22(32-3)16-23(15-19)33-4)27(29)35-28(24,30)20-7-9-21(31-2)10-8-20/h6-12,14-16,30H,13H2,1-5H3. The van der Waals surface area contributed by atoms with Gasteiger partial charge in [-0.05, 0) is 66.1 Å². The summed E-state index contributed by atoms with van der Waals surface area (Å²) in [6.45, 7) is 1.94. The molecule has 4 rings (SSSR count). The molecule has 1 unspecified atom stereocenters. The van der Waals surface area contributed by atoms with Gasteiger partial charge < -0.3 is 28.8 Å². The van der Waals surface area contributed by atoms with Gasteiger partial charge in [0.2, 0.25) is 0 Å². The summed E-state index contributed by atoms with van der Waals surface area (Å²) in [7, 11) is 6.25. The monoisotopic (exact) mass is 476 g/mol. The lowest BCUT2D eigenvalue weighted by Crippen LogP contribution is -2.29. The molecule has 0 bridgehead atoms. The molecule has 0 saturated heterocycles. The molecular weight excluding hydrogens is 448 g/mol. The van der Waals surface area contributed by atoms with E-state index in [1.54, 1.807) is 56.7 Å². The van der Waals surface area contributed by atoms with Crippen molar-refractivity contribution in [3.63, 3.8) is 0 Å². The highest BCUT2D eigenvalue weighted by molar-refractivity contribution is 6.20. The maximum absolute atomic E-state index is 13.3. The van der Waals surface area contributed by atoms with Crippen LogP contribution in [0.25, 0.3) is 5.57 Å². The number of aryl methyl sites for hydroxylation is 1. The van der Waals surface area contributed by atoms with E-state index in [1.165, 1.54) is 14.2 Å². The Morgan fingerprint density at radius 3 is 1.97 bits per heavy atom. The van der Waals surface area contributed by atoms with Crippen molar-refractivity contribution >= 4 is 11.5 Å². The highest BCUT2D eigenvalue weighted by Crippen LogP contribution is 2.46. The van der Waals surface area contributed by atoms with Gasteiger partial charge in [0.25, 0.3) is 5.79 Å². The van der Waals surface area contributed by atoms with Crippen molar-refractivity contribution in [2.24, 2.45) is 0 Å². The Kier molecular flexibility index (Phi) is 6.71. The van der Waals surface area contributed by atoms with E-state index in [9.17, 15) is 9.90 Å². The molecule has 182 valence electrons. The van der Waals surface area contributed by atoms with Gasteiger partial charge in [0.05, 0.1) is 34.0 Å². The van der Waals surface area contributed by atoms with E-state index in [2.05, 4.69) is 0 Å². The van der Waals surface area contributed by atoms with Crippen molar-refractivity contribution in [3.8, 4) is 23.0 Å². The summed E-state index contributed by atoms with van der Waals surface area (Å²) in [6, 6.07) is 17.7. The maximum atomic E-state index is 13.3. The number of hydrogen-bond acceptors (Lipinski definition) is 7. The molecule has 0 saturated carbocycles. The van der Waals surface area contributed by atoms with Crippen molar-refractivity contribution in [2.45, 2.75) is 19.1 Å². The molecule has 35 heavy (non-hydrogen) atoms. The predicted molar refractivity (Wildman–Crippen MR) is 131 cm³/mol. The molecular formula is C28H28O7. The summed E-state index contributed by atoms with van der Waals surface area (Å²) in [5.41, 5.74) is 3.43. The van der Waals surface area contributed by atoms with E-state index in [4.69, 9.17) is 23.7 Å². The molecule has 1 atom stereocenters. The zero-order valence-electron chi connectivity index (χ0n) is 20.4. The van der Waals surface area contributed by atoms with E-state index >= 15 is 0 Å². The molecule has 0 aromatic heterocycles. The van der Waals surface area contributed by atoms with Crippen LogP contribution in [0.2, 0.25) is 0 Å². The van der Waals surface area contributed by atoms with Gasteiger partial charge in [-0.1, -0.05) is 12.1 Å². The maximum Gasteiger partial charge on any atom is 0.342 e. The molecule has 0 aliphatic carbocycles. The van der Waals surface area contributed by atoms with E-state index in [0.29, 0.717) is 33.9 Å². The van der Waals surface area contributed by atoms with Crippen LogP contribution in [0.15, 0.2) is 66.2 Å². The molecule has 1 aliphatic heterocycles. The number of hydrogen-bond donors (Lipinski definition) is 1. The largest absolute Gasteiger partial charge is 0.497 e. The average molecular weight is 477 g/mol. The van der Waals surface area contributed by atoms with Crippen LogP contribution in [-0.2, 0) is 21.7 Å². The first-order valence-corrected chi connectivity index (χ1v) is 11.0. The Morgan fingerprint density at radius 1 is 0.800 bits per heavy atom. The number of methoxy groups -OCH3 is 4. The number of ether oxygens (including phenoxy) is 5. The summed E-state index contributed by atoms with van der Waals surface area (Å²) in [5, 5.41) is 11.8. The van der Waals surface area contributed by atoms with Gasteiger partial charge >= 0.3 is 5.97 Å². The van der Waals surface area contributed by atoms with Crippen molar-refractivity contribution in [1.82, 2.24) is 0 Å². The Hall–Kier alpha value is -3.97. The summed E-state index contributed by atoms with van der Waals surface area (Å²) < 4.78 is 27.1. The van der Waals surface area contributed by atoms with Crippen LogP contribution in [0.3, 0.4) is 0 Å². The normalized spacial score (nSPS) is 17.3. The van der Waals surface area contributed by atoms with Crippen molar-refractivity contribution < 1.29 is 33.6 Å². The van der Waals surface area contributed by atoms with Crippen LogP contribution >= 0.6 is 0 Å². The first-order valence-electron chi connectivity index (χ1n) is 11.0. The van der Waals surface area contributed by atoms with Crippen LogP contribution in [0, 0.1) is 6.92 Å². The molecule has 1 N–H and O–H groups in total. The Labute approximate surface area is 204 Å². The van der Waals surface area contributed by atoms with Gasteiger partial charge in [0.1, 0.15) is 23.0 Å². The summed E-state index contributed by atoms with van der Waals surface area (Å²) in [5.74, 6) is -0.208. The fourth-order valence-corrected chi connectivity index (χ4v) is 4.30. The topological polar surface area (TPSA) is 83.5 Å². The fraction of sp³-hybridized carbons (Fsp3) is 0.250. The number of rotatable bonds is 8. The molecule has 0 spiro atoms. The lowest BCUT2D eigenvalue weighted by atomic mass is 9.87. The molecule has 3 aromatic rings. The smallest absolute Gasteiger partial charge is 0.342 e. The summed E-state index contributed by atoms with van der Waals surface area (Å²) >= 11 is 0. The highest BCUT2D eigenvalue weighted by Gasteiger charge is 2.48. The number of carbonyl (C=O) groups is 1. The van der Waals surface area contributed by atoms with E-state index in [1.807, 2.05) is 25.1 Å². The highest BCUT2D eigenvalue weighted by atomic mass is 16.7. The number of aliphatic hydroxyl groups is 1. The lowest BCUT2D eigenvalue weighted by molar-refractivity contribution is -0.185. The summed E-state index contributed by atoms with van der Waals surface area (Å²) in [6.07, 6.45) is 0.258. The third kappa shape index (κ3) is 4.55. The van der Waals surface area contributed by atoms with Gasteiger partial charge in [-0.25, -0.2) is 4.79 Å². The van der Waals surface area contributed by atoms with Gasteiger partial charge in [-0.15, -0.1) is 0 Å². The van der Waals surface area contributed by atoms with Gasteiger partial charge in [0.15, 0.2) is 0 Å². The zero-order chi connectivity index (χ0) is 25.2. The Bertz CT molecular complexity index is 1250. The second-order valence-electron chi connectivity index (χ2n) is 8.20. The second-order valence-corrected chi connectivity index (χ2v) is 8.20. The van der Waals surface area contributed by atoms with Gasteiger partial charge in [-0.2, -0.15) is 0 Å². The van der Waals surface area contributed by atoms with Crippen molar-refractivity contribution in [2.75, 3.05) is 28.4 Å². The fourth-order valence-electron chi connectivity index (χ4n) is 4.30. The van der Waals surface area contributed by atoms with E-state index in [-0.39, 0.29) is 12.0 Å². The number of esters is 1. The van der Waals surface area contributed by atoms with Gasteiger partial charge in [0, 0.05) is 23.6 Å². The third-order valence-electron chi connectivity index (χ3n) is 6.12. The number of carbonyl (C=O) groups excluding carboxylic acids is 1. The molecule has 7 nitrogen and oxygen atoms in total. The predicted octanol–water partition coefficient (Wildman–Crippen LogP) is 4.43. The van der Waals surface area contributed by atoms with Crippen molar-refractivity contribution in [1.29, 1.82) is 0 Å². The molecule has 1 aliphatic rings. The zero-order valence-corrected chi connectivity index (χ0v) is 20.4. The first kappa shape index (κ1) is 24.2. The van der Waals surface area contributed by atoms with Crippen molar-refractivity contribution in [3.05, 3.63) is 88.5 Å². The lowest BCUT2D eigenvalue weighted by Gasteiger charge is -2.26. The van der Waals surface area contributed by atoms with Crippen LogP contribution in [-0.4, -0.2) is 39.5 Å². The molecule has 7 heteroatoms. The SMILES string of the molecule is COc1ccc(C2(O)OC(=O)C(c3cc(OC)cc(OC)c3)=C2Cc2ccc(OC)c(C)c2)cc1. The molecule has 0 amide bonds. The minimum absolute atomic E-state index is 0.258. The molecule has 3 aromatic carbocycles. The van der Waals surface area contributed by atoms with Crippen LogP contribution in [0.4, 0.5) is 0 Å². The average Bonchev–Trinajstić information content (AvgIpc) is 3.13. The third-order valence-corrected chi connectivity index (χ3v) is 6.12. The second kappa shape index (κ2) is 9.72. The van der Waals surface area contributed by atoms with Gasteiger partial charge in [-0.3, -0.25) is 0 Å². The minimum atomic E-state index is -1.97. The Balaban J connectivity index is 1.92. The van der Waals surface area contributed by atoms with E-state index < -0.39 is 11.8 Å². The molecule has 1 heterocycles. The van der Waals surface area contributed by atoms with Crippen LogP contribution < -0.4 is 18.9 Å².